The second-order valence-corrected chi connectivity index (χ2v) is 6.99. The zero-order valence-electron chi connectivity index (χ0n) is 12.7. The maximum atomic E-state index is 10.8. The fourth-order valence-corrected chi connectivity index (χ4v) is 2.20. The van der Waals surface area contributed by atoms with Crippen LogP contribution in [0.2, 0.25) is 10.0 Å². The maximum Gasteiger partial charge on any atom is 0.307 e. The number of rotatable bonds is 4. The molecule has 0 aliphatic heterocycles. The van der Waals surface area contributed by atoms with Crippen LogP contribution in [0, 0.1) is 0 Å². The Kier molecular flexibility index (Phi) is 8.26. The summed E-state index contributed by atoms with van der Waals surface area (Å²) in [6.07, 6.45) is 3.21. The molecule has 2 rings (SSSR count). The molecule has 23 heavy (non-hydrogen) atoms. The molecule has 0 amide bonds. The number of para-hydroxylation sites is 2. The summed E-state index contributed by atoms with van der Waals surface area (Å²) >= 11 is 11.5. The Morgan fingerprint density at radius 1 is 1.13 bits per heavy atom. The molecule has 0 heterocycles. The molecule has 0 fully saturated rings. The summed E-state index contributed by atoms with van der Waals surface area (Å²) in [7, 11) is 0. The van der Waals surface area contributed by atoms with Crippen molar-refractivity contribution in [2.75, 3.05) is 17.8 Å². The summed E-state index contributed by atoms with van der Waals surface area (Å²) < 4.78 is 9.56. The second kappa shape index (κ2) is 9.67. The van der Waals surface area contributed by atoms with Gasteiger partial charge in [0.1, 0.15) is 0 Å². The van der Waals surface area contributed by atoms with E-state index in [1.54, 1.807) is 48.9 Å². The maximum absolute atomic E-state index is 10.8. The van der Waals surface area contributed by atoms with Crippen molar-refractivity contribution >= 4 is 51.7 Å². The summed E-state index contributed by atoms with van der Waals surface area (Å²) in [5.41, 5.74) is 1.93. The summed E-state index contributed by atoms with van der Waals surface area (Å²) in [4.78, 5) is 10.8. The van der Waals surface area contributed by atoms with E-state index < -0.39 is 17.1 Å². The molecule has 0 unspecified atom stereocenters. The van der Waals surface area contributed by atoms with Crippen molar-refractivity contribution in [3.8, 4) is 0 Å². The first kappa shape index (κ1) is 19.6. The number of nitrogens with one attached hydrogen (secondary N) is 1. The zero-order valence-corrected chi connectivity index (χ0v) is 15.0. The third-order valence-corrected chi connectivity index (χ3v) is 3.21. The Labute approximate surface area is 148 Å². The zero-order chi connectivity index (χ0) is 17.4. The van der Waals surface area contributed by atoms with Crippen molar-refractivity contribution in [2.45, 2.75) is 6.42 Å². The Hall–Kier alpha value is -1.40. The van der Waals surface area contributed by atoms with Crippen LogP contribution < -0.4 is 5.32 Å². The van der Waals surface area contributed by atoms with E-state index in [1.165, 1.54) is 0 Å². The molecule has 0 spiro atoms. The highest BCUT2D eigenvalue weighted by Crippen LogP contribution is 2.33. The molecule has 0 saturated heterocycles. The van der Waals surface area contributed by atoms with Gasteiger partial charge in [0.25, 0.3) is 0 Å². The first-order chi connectivity index (χ1) is 10.8. The van der Waals surface area contributed by atoms with Crippen LogP contribution in [0.15, 0.2) is 42.5 Å². The number of hydrogen-bond donors (Lipinski definition) is 2. The van der Waals surface area contributed by atoms with Gasteiger partial charge in [0.2, 0.25) is 0 Å². The molecule has 0 aliphatic rings. The third kappa shape index (κ3) is 7.14. The predicted octanol–water partition coefficient (Wildman–Crippen LogP) is 4.36. The Morgan fingerprint density at radius 2 is 1.65 bits per heavy atom. The van der Waals surface area contributed by atoms with Gasteiger partial charge in [-0.25, -0.2) is 0 Å². The van der Waals surface area contributed by atoms with E-state index >= 15 is 0 Å². The Balaban J connectivity index is 0.000000593. The molecule has 2 aromatic carbocycles. The highest BCUT2D eigenvalue weighted by atomic mass is 35.5. The van der Waals surface area contributed by atoms with Gasteiger partial charge in [-0.1, -0.05) is 58.6 Å². The number of carboxylic acids is 1. The predicted molar refractivity (Wildman–Crippen MR) is 97.5 cm³/mol. The number of benzene rings is 2. The van der Waals surface area contributed by atoms with Crippen LogP contribution in [-0.4, -0.2) is 28.1 Å². The average molecular weight is 374 g/mol. The van der Waals surface area contributed by atoms with E-state index in [2.05, 4.69) is 5.32 Å². The third-order valence-electron chi connectivity index (χ3n) is 2.58. The Bertz CT molecular complexity index is 643. The smallest absolute Gasteiger partial charge is 0.307 e. The molecule has 2 aromatic rings. The lowest BCUT2D eigenvalue weighted by molar-refractivity contribution is -0.136. The van der Waals surface area contributed by atoms with E-state index in [9.17, 15) is 9.35 Å². The number of carbonyl (C=O) groups is 1. The first-order valence-electron chi connectivity index (χ1n) is 6.57. The van der Waals surface area contributed by atoms with Crippen molar-refractivity contribution in [3.63, 3.8) is 0 Å². The summed E-state index contributed by atoms with van der Waals surface area (Å²) in [6, 6.07) is 12.3. The molecule has 7 heteroatoms. The minimum Gasteiger partial charge on any atom is -0.617 e. The van der Waals surface area contributed by atoms with Gasteiger partial charge in [-0.05, 0) is 23.8 Å². The van der Waals surface area contributed by atoms with Crippen molar-refractivity contribution in [2.24, 2.45) is 0 Å². The fraction of sp³-hybridized carbons (Fsp3) is 0.188. The minimum atomic E-state index is -0.889. The van der Waals surface area contributed by atoms with Crippen LogP contribution in [0.1, 0.15) is 5.56 Å². The summed E-state index contributed by atoms with van der Waals surface area (Å²) in [5.74, 6) is -0.889. The van der Waals surface area contributed by atoms with E-state index in [0.717, 1.165) is 0 Å². The van der Waals surface area contributed by atoms with E-state index in [1.807, 2.05) is 6.07 Å². The highest BCUT2D eigenvalue weighted by molar-refractivity contribution is 7.89. The van der Waals surface area contributed by atoms with Gasteiger partial charge in [-0.2, -0.15) is 0 Å². The molecule has 4 nitrogen and oxygen atoms in total. The molecule has 0 atom stereocenters. The Morgan fingerprint density at radius 3 is 2.17 bits per heavy atom. The molecule has 2 N–H and O–H groups in total. The highest BCUT2D eigenvalue weighted by Gasteiger charge is 2.10. The largest absolute Gasteiger partial charge is 0.617 e. The van der Waals surface area contributed by atoms with E-state index in [0.29, 0.717) is 27.0 Å². The fourth-order valence-electron chi connectivity index (χ4n) is 1.71. The van der Waals surface area contributed by atoms with Crippen molar-refractivity contribution in [1.29, 1.82) is 0 Å². The second-order valence-electron chi connectivity index (χ2n) is 4.69. The molecule has 0 saturated carbocycles. The number of hydrogen-bond acceptors (Lipinski definition) is 3. The van der Waals surface area contributed by atoms with Crippen LogP contribution in [0.25, 0.3) is 0 Å². The number of halogens is 2. The molecule has 0 aromatic heterocycles. The topological polar surface area (TPSA) is 72.4 Å². The van der Waals surface area contributed by atoms with Crippen LogP contribution in [0.4, 0.5) is 11.4 Å². The van der Waals surface area contributed by atoms with Gasteiger partial charge in [0, 0.05) is 5.69 Å². The molecule has 0 radical (unpaired) electrons. The standard InChI is InChI=1S/C14H11Cl2NO2.C2H6OS/c15-10-5-3-6-11(16)14(10)17-12-7-2-1-4-9(12)8-13(18)19;1-4(2)3/h1-7,17H,8H2,(H,18,19);1-2H3. The van der Waals surface area contributed by atoms with Crippen LogP contribution in [0.5, 0.6) is 0 Å². The molecular weight excluding hydrogens is 357 g/mol. The number of aliphatic carboxylic acids is 1. The molecular formula is C16H17Cl2NO3S. The normalized spacial score (nSPS) is 10.0. The average Bonchev–Trinajstić information content (AvgIpc) is 2.43. The SMILES string of the molecule is C[S+](C)[O-].O=C(O)Cc1ccccc1Nc1c(Cl)cccc1Cl. The van der Waals surface area contributed by atoms with Gasteiger partial charge in [0.15, 0.2) is 0 Å². The molecule has 0 bridgehead atoms. The van der Waals surface area contributed by atoms with E-state index in [4.69, 9.17) is 28.3 Å². The summed E-state index contributed by atoms with van der Waals surface area (Å²) in [6.45, 7) is 0. The van der Waals surface area contributed by atoms with Gasteiger partial charge in [0.05, 0.1) is 34.7 Å². The van der Waals surface area contributed by atoms with Crippen LogP contribution >= 0.6 is 23.2 Å². The lowest BCUT2D eigenvalue weighted by Gasteiger charge is -2.13. The van der Waals surface area contributed by atoms with Crippen LogP contribution in [0.3, 0.4) is 0 Å². The minimum absolute atomic E-state index is 0.0642. The van der Waals surface area contributed by atoms with Gasteiger partial charge >= 0.3 is 5.97 Å². The number of carboxylic acid groups (broad SMARTS) is 1. The van der Waals surface area contributed by atoms with Gasteiger partial charge < -0.3 is 15.0 Å². The van der Waals surface area contributed by atoms with E-state index in [-0.39, 0.29) is 6.42 Å². The lowest BCUT2D eigenvalue weighted by atomic mass is 10.1. The van der Waals surface area contributed by atoms with Crippen molar-refractivity contribution in [3.05, 3.63) is 58.1 Å². The van der Waals surface area contributed by atoms with Gasteiger partial charge in [-0.15, -0.1) is 0 Å². The first-order valence-corrected chi connectivity index (χ1v) is 9.29. The molecule has 0 aliphatic carbocycles. The van der Waals surface area contributed by atoms with Crippen molar-refractivity contribution in [1.82, 2.24) is 0 Å². The molecule has 124 valence electrons. The van der Waals surface area contributed by atoms with Crippen molar-refractivity contribution < 1.29 is 14.5 Å². The monoisotopic (exact) mass is 373 g/mol. The number of anilines is 2. The quantitative estimate of drug-likeness (QED) is 0.780. The van der Waals surface area contributed by atoms with Crippen LogP contribution in [-0.2, 0) is 22.4 Å². The lowest BCUT2D eigenvalue weighted by Crippen LogP contribution is -2.04. The van der Waals surface area contributed by atoms with Gasteiger partial charge in [-0.3, -0.25) is 4.79 Å². The summed E-state index contributed by atoms with van der Waals surface area (Å²) in [5, 5.41) is 12.9.